The van der Waals surface area contributed by atoms with Gasteiger partial charge in [-0.2, -0.15) is 0 Å². The molecule has 0 atom stereocenters. The minimum absolute atomic E-state index is 0.200. The lowest BCUT2D eigenvalue weighted by Crippen LogP contribution is -2.29. The number of rotatable bonds is 5. The van der Waals surface area contributed by atoms with Gasteiger partial charge in [0.1, 0.15) is 0 Å². The zero-order valence-corrected chi connectivity index (χ0v) is 15.7. The smallest absolute Gasteiger partial charge is 0.273 e. The summed E-state index contributed by atoms with van der Waals surface area (Å²) in [6.07, 6.45) is 4.42. The Morgan fingerprint density at radius 2 is 2.23 bits per heavy atom. The van der Waals surface area contributed by atoms with Crippen LogP contribution in [-0.4, -0.2) is 45.5 Å². The summed E-state index contributed by atoms with van der Waals surface area (Å²) < 4.78 is 2.91. The van der Waals surface area contributed by atoms with E-state index in [9.17, 15) is 4.79 Å². The Bertz CT molecular complexity index is 917. The highest BCUT2D eigenvalue weighted by molar-refractivity contribution is 7.18. The molecule has 1 aliphatic heterocycles. The summed E-state index contributed by atoms with van der Waals surface area (Å²) in [5, 5.41) is 16.0. The Morgan fingerprint density at radius 1 is 1.38 bits per heavy atom. The number of nitrogens with one attached hydrogen (secondary N) is 2. The SMILES string of the molecule is O=C(NCCc1nc2cc(Cl)ccc2s1)c1cn(C2CCNCC2)nn1. The highest BCUT2D eigenvalue weighted by Crippen LogP contribution is 2.25. The quantitative estimate of drug-likeness (QED) is 0.699. The van der Waals surface area contributed by atoms with Crippen LogP contribution in [0.5, 0.6) is 0 Å². The van der Waals surface area contributed by atoms with Crippen molar-refractivity contribution < 1.29 is 4.79 Å². The van der Waals surface area contributed by atoms with Gasteiger partial charge in [0.2, 0.25) is 0 Å². The first-order valence-corrected chi connectivity index (χ1v) is 9.84. The largest absolute Gasteiger partial charge is 0.350 e. The van der Waals surface area contributed by atoms with E-state index in [1.165, 1.54) is 0 Å². The third-order valence-corrected chi connectivity index (χ3v) is 5.78. The van der Waals surface area contributed by atoms with Crippen LogP contribution in [-0.2, 0) is 6.42 Å². The summed E-state index contributed by atoms with van der Waals surface area (Å²) >= 11 is 7.61. The molecule has 0 unspecified atom stereocenters. The Balaban J connectivity index is 1.32. The molecule has 7 nitrogen and oxygen atoms in total. The van der Waals surface area contributed by atoms with E-state index < -0.39 is 0 Å². The van der Waals surface area contributed by atoms with Crippen LogP contribution < -0.4 is 10.6 Å². The fourth-order valence-corrected chi connectivity index (χ4v) is 4.17. The van der Waals surface area contributed by atoms with E-state index in [2.05, 4.69) is 25.9 Å². The van der Waals surface area contributed by atoms with E-state index in [4.69, 9.17) is 11.6 Å². The molecule has 3 heterocycles. The molecule has 4 rings (SSSR count). The molecule has 9 heteroatoms. The minimum Gasteiger partial charge on any atom is -0.350 e. The summed E-state index contributed by atoms with van der Waals surface area (Å²) in [7, 11) is 0. The molecule has 1 saturated heterocycles. The lowest BCUT2D eigenvalue weighted by atomic mass is 10.1. The van der Waals surface area contributed by atoms with Crippen molar-refractivity contribution in [3.05, 3.63) is 40.1 Å². The lowest BCUT2D eigenvalue weighted by molar-refractivity contribution is 0.0949. The fraction of sp³-hybridized carbons (Fsp3) is 0.412. The van der Waals surface area contributed by atoms with Gasteiger partial charge >= 0.3 is 0 Å². The summed E-state index contributed by atoms with van der Waals surface area (Å²) in [5.41, 5.74) is 1.26. The lowest BCUT2D eigenvalue weighted by Gasteiger charge is -2.22. The minimum atomic E-state index is -0.200. The number of nitrogens with zero attached hydrogens (tertiary/aromatic N) is 4. The van der Waals surface area contributed by atoms with E-state index in [0.717, 1.165) is 41.2 Å². The van der Waals surface area contributed by atoms with Crippen molar-refractivity contribution in [1.82, 2.24) is 30.6 Å². The van der Waals surface area contributed by atoms with E-state index >= 15 is 0 Å². The van der Waals surface area contributed by atoms with Gasteiger partial charge in [-0.3, -0.25) is 4.79 Å². The molecule has 26 heavy (non-hydrogen) atoms. The molecule has 1 fully saturated rings. The normalized spacial score (nSPS) is 15.4. The monoisotopic (exact) mass is 390 g/mol. The first kappa shape index (κ1) is 17.4. The Labute approximate surface area is 159 Å². The predicted octanol–water partition coefficient (Wildman–Crippen LogP) is 2.44. The third-order valence-electron chi connectivity index (χ3n) is 4.44. The number of fused-ring (bicyclic) bond motifs is 1. The second-order valence-corrected chi connectivity index (χ2v) is 7.84. The fourth-order valence-electron chi connectivity index (χ4n) is 3.06. The van der Waals surface area contributed by atoms with Crippen LogP contribution in [0.1, 0.15) is 34.4 Å². The highest BCUT2D eigenvalue weighted by atomic mass is 35.5. The number of halogens is 1. The Hall–Kier alpha value is -2.03. The second kappa shape index (κ2) is 7.69. The average Bonchev–Trinajstić information content (AvgIpc) is 3.29. The topological polar surface area (TPSA) is 84.7 Å². The zero-order valence-electron chi connectivity index (χ0n) is 14.1. The molecule has 1 aliphatic rings. The van der Waals surface area contributed by atoms with Gasteiger partial charge in [0, 0.05) is 18.0 Å². The van der Waals surface area contributed by atoms with Crippen molar-refractivity contribution in [3.8, 4) is 0 Å². The molecule has 1 amide bonds. The summed E-state index contributed by atoms with van der Waals surface area (Å²) in [5.74, 6) is -0.200. The van der Waals surface area contributed by atoms with Crippen molar-refractivity contribution in [3.63, 3.8) is 0 Å². The number of piperidine rings is 1. The van der Waals surface area contributed by atoms with Gasteiger partial charge in [-0.25, -0.2) is 9.67 Å². The molecular formula is C17H19ClN6OS. The molecule has 2 N–H and O–H groups in total. The molecule has 0 radical (unpaired) electrons. The molecule has 136 valence electrons. The van der Waals surface area contributed by atoms with E-state index in [0.29, 0.717) is 29.7 Å². The number of aromatic nitrogens is 4. The molecule has 3 aromatic rings. The van der Waals surface area contributed by atoms with Gasteiger partial charge in [-0.15, -0.1) is 16.4 Å². The van der Waals surface area contributed by atoms with Crippen LogP contribution in [0.3, 0.4) is 0 Å². The van der Waals surface area contributed by atoms with Crippen molar-refractivity contribution in [2.45, 2.75) is 25.3 Å². The number of carbonyl (C=O) groups excluding carboxylic acids is 1. The maximum absolute atomic E-state index is 12.3. The maximum atomic E-state index is 12.3. The molecule has 0 spiro atoms. The molecule has 0 bridgehead atoms. The standard InChI is InChI=1S/C17H19ClN6OS/c18-11-1-2-15-13(9-11)21-16(26-15)5-8-20-17(25)14-10-24(23-22-14)12-3-6-19-7-4-12/h1-2,9-10,12,19H,3-8H2,(H,20,25). The number of thiazole rings is 1. The van der Waals surface area contributed by atoms with Gasteiger partial charge in [0.15, 0.2) is 5.69 Å². The molecule has 2 aromatic heterocycles. The van der Waals surface area contributed by atoms with Crippen molar-refractivity contribution in [1.29, 1.82) is 0 Å². The van der Waals surface area contributed by atoms with Crippen LogP contribution in [0, 0.1) is 0 Å². The summed E-state index contributed by atoms with van der Waals surface area (Å²) in [4.78, 5) is 16.8. The summed E-state index contributed by atoms with van der Waals surface area (Å²) in [6.45, 7) is 2.45. The number of carbonyl (C=O) groups is 1. The van der Waals surface area contributed by atoms with E-state index in [1.54, 1.807) is 17.5 Å². The number of amides is 1. The second-order valence-electron chi connectivity index (χ2n) is 6.29. The van der Waals surface area contributed by atoms with Crippen molar-refractivity contribution in [2.75, 3.05) is 19.6 Å². The molecule has 1 aromatic carbocycles. The van der Waals surface area contributed by atoms with Gasteiger partial charge < -0.3 is 10.6 Å². The molecule has 0 saturated carbocycles. The maximum Gasteiger partial charge on any atom is 0.273 e. The average molecular weight is 391 g/mol. The number of benzene rings is 1. The zero-order chi connectivity index (χ0) is 17.9. The van der Waals surface area contributed by atoms with E-state index in [-0.39, 0.29) is 5.91 Å². The van der Waals surface area contributed by atoms with Crippen LogP contribution in [0.15, 0.2) is 24.4 Å². The number of hydrogen-bond donors (Lipinski definition) is 2. The highest BCUT2D eigenvalue weighted by Gasteiger charge is 2.18. The predicted molar refractivity (Wildman–Crippen MR) is 102 cm³/mol. The van der Waals surface area contributed by atoms with Gasteiger partial charge in [0.05, 0.1) is 27.5 Å². The van der Waals surface area contributed by atoms with Crippen LogP contribution >= 0.6 is 22.9 Å². The van der Waals surface area contributed by atoms with Crippen LogP contribution in [0.2, 0.25) is 5.02 Å². The molecule has 0 aliphatic carbocycles. The summed E-state index contributed by atoms with van der Waals surface area (Å²) in [6, 6.07) is 6.00. The Morgan fingerprint density at radius 3 is 3.08 bits per heavy atom. The van der Waals surface area contributed by atoms with Crippen molar-refractivity contribution in [2.24, 2.45) is 0 Å². The van der Waals surface area contributed by atoms with Crippen LogP contribution in [0.4, 0.5) is 0 Å². The van der Waals surface area contributed by atoms with Gasteiger partial charge in [-0.1, -0.05) is 16.8 Å². The van der Waals surface area contributed by atoms with Gasteiger partial charge in [-0.05, 0) is 44.1 Å². The van der Waals surface area contributed by atoms with Gasteiger partial charge in [0.25, 0.3) is 5.91 Å². The first-order chi connectivity index (χ1) is 12.7. The number of hydrogen-bond acceptors (Lipinski definition) is 6. The Kier molecular flexibility index (Phi) is 5.14. The van der Waals surface area contributed by atoms with Crippen LogP contribution in [0.25, 0.3) is 10.2 Å². The van der Waals surface area contributed by atoms with E-state index in [1.807, 2.05) is 22.9 Å². The molecular weight excluding hydrogens is 372 g/mol. The first-order valence-electron chi connectivity index (χ1n) is 8.65. The van der Waals surface area contributed by atoms with Crippen molar-refractivity contribution >= 4 is 39.1 Å². The third kappa shape index (κ3) is 3.87.